The quantitative estimate of drug-likeness (QED) is 0.754. The molecule has 0 saturated carbocycles. The lowest BCUT2D eigenvalue weighted by atomic mass is 10.2. The van der Waals surface area contributed by atoms with Crippen LogP contribution >= 0.6 is 11.3 Å². The molecule has 1 N–H and O–H groups in total. The van der Waals surface area contributed by atoms with E-state index in [2.05, 4.69) is 10.5 Å². The molecule has 23 heavy (non-hydrogen) atoms. The lowest BCUT2D eigenvalue weighted by molar-refractivity contribution is -0.120. The van der Waals surface area contributed by atoms with Gasteiger partial charge in [-0.25, -0.2) is 0 Å². The SMILES string of the molecule is COc1cccc(CNC(=O)Cc2cc(-c3cccs3)on2)c1. The van der Waals surface area contributed by atoms with Gasteiger partial charge in [-0.3, -0.25) is 4.79 Å². The Hall–Kier alpha value is -2.60. The average molecular weight is 328 g/mol. The molecule has 0 unspecified atom stereocenters. The largest absolute Gasteiger partial charge is 0.497 e. The van der Waals surface area contributed by atoms with Crippen molar-refractivity contribution in [3.05, 3.63) is 59.1 Å². The number of nitrogens with zero attached hydrogens (tertiary/aromatic N) is 1. The number of methoxy groups -OCH3 is 1. The highest BCUT2D eigenvalue weighted by atomic mass is 32.1. The fourth-order valence-corrected chi connectivity index (χ4v) is 2.81. The van der Waals surface area contributed by atoms with Crippen molar-refractivity contribution in [3.63, 3.8) is 0 Å². The summed E-state index contributed by atoms with van der Waals surface area (Å²) in [6.45, 7) is 0.450. The Morgan fingerprint density at radius 3 is 3.00 bits per heavy atom. The standard InChI is InChI=1S/C17H16N2O3S/c1-21-14-5-2-4-12(8-14)11-18-17(20)10-13-9-15(22-19-13)16-6-3-7-23-16/h2-9H,10-11H2,1H3,(H,18,20). The molecule has 0 radical (unpaired) electrons. The number of hydrogen-bond acceptors (Lipinski definition) is 5. The molecule has 0 fully saturated rings. The number of aromatic nitrogens is 1. The van der Waals surface area contributed by atoms with Crippen molar-refractivity contribution in [2.24, 2.45) is 0 Å². The molecular formula is C17H16N2O3S. The summed E-state index contributed by atoms with van der Waals surface area (Å²) >= 11 is 1.57. The third-order valence-corrected chi connectivity index (χ3v) is 4.17. The summed E-state index contributed by atoms with van der Waals surface area (Å²) in [7, 11) is 1.62. The summed E-state index contributed by atoms with van der Waals surface area (Å²) < 4.78 is 10.4. The van der Waals surface area contributed by atoms with Crippen molar-refractivity contribution in [1.29, 1.82) is 0 Å². The van der Waals surface area contributed by atoms with Crippen LogP contribution in [0.25, 0.3) is 10.6 Å². The van der Waals surface area contributed by atoms with E-state index in [1.54, 1.807) is 24.5 Å². The Labute approximate surface area is 137 Å². The second-order valence-electron chi connectivity index (χ2n) is 4.96. The molecule has 2 heterocycles. The number of carbonyl (C=O) groups excluding carboxylic acids is 1. The van der Waals surface area contributed by atoms with Crippen LogP contribution in [-0.4, -0.2) is 18.2 Å². The predicted molar refractivity (Wildman–Crippen MR) is 88.4 cm³/mol. The van der Waals surface area contributed by atoms with Crippen LogP contribution in [0.3, 0.4) is 0 Å². The molecule has 1 amide bonds. The van der Waals surface area contributed by atoms with Crippen LogP contribution in [0.1, 0.15) is 11.3 Å². The Bertz CT molecular complexity index is 781. The van der Waals surface area contributed by atoms with Gasteiger partial charge in [0.25, 0.3) is 0 Å². The van der Waals surface area contributed by atoms with E-state index in [-0.39, 0.29) is 12.3 Å². The normalized spacial score (nSPS) is 10.5. The first-order valence-electron chi connectivity index (χ1n) is 7.13. The van der Waals surface area contributed by atoms with Gasteiger partial charge in [0.2, 0.25) is 5.91 Å². The van der Waals surface area contributed by atoms with E-state index in [4.69, 9.17) is 9.26 Å². The smallest absolute Gasteiger partial charge is 0.226 e. The van der Waals surface area contributed by atoms with Crippen molar-refractivity contribution in [1.82, 2.24) is 10.5 Å². The fourth-order valence-electron chi connectivity index (χ4n) is 2.14. The fraction of sp³-hybridized carbons (Fsp3) is 0.176. The molecule has 0 bridgehead atoms. The zero-order chi connectivity index (χ0) is 16.1. The Kier molecular flexibility index (Phi) is 4.73. The third-order valence-electron chi connectivity index (χ3n) is 3.29. The molecule has 3 aromatic rings. The molecular weight excluding hydrogens is 312 g/mol. The number of ether oxygens (including phenoxy) is 1. The van der Waals surface area contributed by atoms with Gasteiger partial charge in [-0.2, -0.15) is 0 Å². The molecule has 0 atom stereocenters. The van der Waals surface area contributed by atoms with Crippen molar-refractivity contribution in [2.75, 3.05) is 7.11 Å². The van der Waals surface area contributed by atoms with E-state index >= 15 is 0 Å². The molecule has 0 aliphatic carbocycles. The maximum atomic E-state index is 12.0. The van der Waals surface area contributed by atoms with E-state index in [1.165, 1.54) is 0 Å². The summed E-state index contributed by atoms with van der Waals surface area (Å²) in [6, 6.07) is 13.3. The third kappa shape index (κ3) is 3.98. The van der Waals surface area contributed by atoms with Gasteiger partial charge in [0, 0.05) is 12.6 Å². The summed E-state index contributed by atoms with van der Waals surface area (Å²) in [4.78, 5) is 13.0. The highest BCUT2D eigenvalue weighted by Gasteiger charge is 2.11. The van der Waals surface area contributed by atoms with Crippen LogP contribution in [0.5, 0.6) is 5.75 Å². The van der Waals surface area contributed by atoms with Gasteiger partial charge < -0.3 is 14.6 Å². The lowest BCUT2D eigenvalue weighted by Gasteiger charge is -2.06. The Morgan fingerprint density at radius 1 is 1.30 bits per heavy atom. The van der Waals surface area contributed by atoms with Crippen LogP contribution in [0, 0.1) is 0 Å². The van der Waals surface area contributed by atoms with E-state index in [1.807, 2.05) is 41.8 Å². The molecule has 3 rings (SSSR count). The second kappa shape index (κ2) is 7.11. The lowest BCUT2D eigenvalue weighted by Crippen LogP contribution is -2.24. The summed E-state index contributed by atoms with van der Waals surface area (Å²) in [5, 5.41) is 8.79. The van der Waals surface area contributed by atoms with Gasteiger partial charge >= 0.3 is 0 Å². The number of benzene rings is 1. The topological polar surface area (TPSA) is 64.4 Å². The maximum absolute atomic E-state index is 12.0. The van der Waals surface area contributed by atoms with Gasteiger partial charge in [0.15, 0.2) is 5.76 Å². The highest BCUT2D eigenvalue weighted by molar-refractivity contribution is 7.13. The molecule has 0 aliphatic heterocycles. The molecule has 118 valence electrons. The van der Waals surface area contributed by atoms with E-state index in [0.29, 0.717) is 18.0 Å². The minimum absolute atomic E-state index is 0.0983. The number of nitrogens with one attached hydrogen (secondary N) is 1. The first-order valence-corrected chi connectivity index (χ1v) is 8.01. The average Bonchev–Trinajstić information content (AvgIpc) is 3.24. The van der Waals surface area contributed by atoms with Gasteiger partial charge in [0.1, 0.15) is 5.75 Å². The predicted octanol–water partition coefficient (Wildman–Crippen LogP) is 3.27. The molecule has 0 aliphatic rings. The number of hydrogen-bond donors (Lipinski definition) is 1. The number of thiophene rings is 1. The van der Waals surface area contributed by atoms with Crippen molar-refractivity contribution >= 4 is 17.2 Å². The van der Waals surface area contributed by atoms with Crippen LogP contribution in [-0.2, 0) is 17.8 Å². The molecule has 6 heteroatoms. The van der Waals surface area contributed by atoms with Crippen LogP contribution in [0.2, 0.25) is 0 Å². The first kappa shape index (κ1) is 15.3. The minimum Gasteiger partial charge on any atom is -0.497 e. The summed E-state index contributed by atoms with van der Waals surface area (Å²) in [5.41, 5.74) is 1.61. The second-order valence-corrected chi connectivity index (χ2v) is 5.91. The maximum Gasteiger partial charge on any atom is 0.226 e. The summed E-state index contributed by atoms with van der Waals surface area (Å²) in [6.07, 6.45) is 0.193. The van der Waals surface area contributed by atoms with E-state index < -0.39 is 0 Å². The highest BCUT2D eigenvalue weighted by Crippen LogP contribution is 2.25. The molecule has 2 aromatic heterocycles. The summed E-state index contributed by atoms with van der Waals surface area (Å²) in [5.74, 6) is 1.36. The number of rotatable bonds is 6. The van der Waals surface area contributed by atoms with Gasteiger partial charge in [-0.05, 0) is 29.1 Å². The van der Waals surface area contributed by atoms with E-state index in [9.17, 15) is 4.79 Å². The van der Waals surface area contributed by atoms with Gasteiger partial charge in [-0.1, -0.05) is 23.4 Å². The first-order chi connectivity index (χ1) is 11.2. The zero-order valence-electron chi connectivity index (χ0n) is 12.6. The Balaban J connectivity index is 1.55. The van der Waals surface area contributed by atoms with E-state index in [0.717, 1.165) is 16.2 Å². The molecule has 1 aromatic carbocycles. The number of carbonyl (C=O) groups is 1. The van der Waals surface area contributed by atoms with Crippen molar-refractivity contribution in [3.8, 4) is 16.4 Å². The van der Waals surface area contributed by atoms with Gasteiger partial charge in [-0.15, -0.1) is 11.3 Å². The van der Waals surface area contributed by atoms with Crippen LogP contribution < -0.4 is 10.1 Å². The van der Waals surface area contributed by atoms with Gasteiger partial charge in [0.05, 0.1) is 24.1 Å². The number of amides is 1. The van der Waals surface area contributed by atoms with Crippen LogP contribution in [0.15, 0.2) is 52.4 Å². The molecule has 5 nitrogen and oxygen atoms in total. The molecule has 0 saturated heterocycles. The van der Waals surface area contributed by atoms with Crippen molar-refractivity contribution in [2.45, 2.75) is 13.0 Å². The minimum atomic E-state index is -0.0983. The Morgan fingerprint density at radius 2 is 2.22 bits per heavy atom. The van der Waals surface area contributed by atoms with Crippen LogP contribution in [0.4, 0.5) is 0 Å². The zero-order valence-corrected chi connectivity index (χ0v) is 13.4. The monoisotopic (exact) mass is 328 g/mol. The van der Waals surface area contributed by atoms with Crippen molar-refractivity contribution < 1.29 is 14.1 Å². The molecule has 0 spiro atoms.